The van der Waals surface area contributed by atoms with E-state index < -0.39 is 0 Å². The van der Waals surface area contributed by atoms with Gasteiger partial charge in [-0.2, -0.15) is 0 Å². The van der Waals surface area contributed by atoms with Gasteiger partial charge in [-0.3, -0.25) is 5.01 Å². The van der Waals surface area contributed by atoms with E-state index in [2.05, 4.69) is 50.0 Å². The Bertz CT molecular complexity index is 701. The molecule has 1 unspecified atom stereocenters. The summed E-state index contributed by atoms with van der Waals surface area (Å²) >= 11 is 1.77. The minimum atomic E-state index is 0.205. The zero-order valence-corrected chi connectivity index (χ0v) is 22.8. The van der Waals surface area contributed by atoms with Crippen LogP contribution in [0.25, 0.3) is 0 Å². The van der Waals surface area contributed by atoms with Crippen LogP contribution in [-0.4, -0.2) is 29.5 Å². The van der Waals surface area contributed by atoms with Crippen molar-refractivity contribution in [3.63, 3.8) is 0 Å². The van der Waals surface area contributed by atoms with Crippen molar-refractivity contribution >= 4 is 17.0 Å². The van der Waals surface area contributed by atoms with E-state index in [4.69, 9.17) is 14.6 Å². The van der Waals surface area contributed by atoms with E-state index >= 15 is 0 Å². The average Bonchev–Trinajstić information content (AvgIpc) is 3.30. The van der Waals surface area contributed by atoms with Gasteiger partial charge < -0.3 is 9.47 Å². The second-order valence-electron chi connectivity index (χ2n) is 10.1. The van der Waals surface area contributed by atoms with E-state index in [1.807, 2.05) is 0 Å². The smallest absolute Gasteiger partial charge is 0.269 e. The number of hydrazone groups is 1. The maximum atomic E-state index is 6.00. The topological polar surface area (TPSA) is 34.1 Å². The highest BCUT2D eigenvalue weighted by molar-refractivity contribution is 8.13. The summed E-state index contributed by atoms with van der Waals surface area (Å²) < 4.78 is 12.0. The summed E-state index contributed by atoms with van der Waals surface area (Å²) in [6, 6.07) is 9.24. The van der Waals surface area contributed by atoms with Gasteiger partial charge in [0.05, 0.1) is 13.2 Å². The Labute approximate surface area is 213 Å². The molecule has 192 valence electrons. The second-order valence-corrected chi connectivity index (χ2v) is 11.1. The molecule has 4 nitrogen and oxygen atoms in total. The zero-order chi connectivity index (χ0) is 24.0. The van der Waals surface area contributed by atoms with E-state index in [0.29, 0.717) is 6.04 Å². The number of ether oxygens (including phenoxy) is 2. The van der Waals surface area contributed by atoms with Crippen LogP contribution in [0.15, 0.2) is 29.4 Å². The molecule has 5 heteroatoms. The molecule has 0 N–H and O–H groups in total. The predicted molar refractivity (Wildman–Crippen MR) is 146 cm³/mol. The van der Waals surface area contributed by atoms with Crippen molar-refractivity contribution in [1.82, 2.24) is 5.01 Å². The summed E-state index contributed by atoms with van der Waals surface area (Å²) in [6.07, 6.45) is 18.0. The Morgan fingerprint density at radius 2 is 1.50 bits per heavy atom. The minimum Gasteiger partial charge on any atom is -0.494 e. The Morgan fingerprint density at radius 1 is 0.794 bits per heavy atom. The third-order valence-corrected chi connectivity index (χ3v) is 8.28. The summed E-state index contributed by atoms with van der Waals surface area (Å²) in [5.74, 6) is 1.89. The summed E-state index contributed by atoms with van der Waals surface area (Å²) in [7, 11) is 0. The Kier molecular flexibility index (Phi) is 12.5. The number of hydrogen-bond acceptors (Lipinski definition) is 5. The largest absolute Gasteiger partial charge is 0.494 e. The van der Waals surface area contributed by atoms with Crippen molar-refractivity contribution < 1.29 is 9.47 Å². The Morgan fingerprint density at radius 3 is 2.21 bits per heavy atom. The number of benzene rings is 1. The SMILES string of the molecule is CCCCCCCOc1ccc(C2SC(OCCC)=NN2C2CCC(CCCCC)CC2)cc1. The standard InChI is InChI=1S/C29H48N2O2S/c1-4-7-9-10-12-23-32-27-20-16-25(17-21-27)28-31(30-29(34-28)33-22-6-3)26-18-14-24(15-19-26)13-11-8-5-2/h16-17,20-21,24,26,28H,4-15,18-19,22-23H2,1-3H3. The predicted octanol–water partition coefficient (Wildman–Crippen LogP) is 8.92. The van der Waals surface area contributed by atoms with Crippen LogP contribution in [0.4, 0.5) is 0 Å². The van der Waals surface area contributed by atoms with Crippen LogP contribution in [0.5, 0.6) is 5.75 Å². The third-order valence-electron chi connectivity index (χ3n) is 7.17. The van der Waals surface area contributed by atoms with Crippen LogP contribution in [0.2, 0.25) is 0 Å². The molecule has 0 amide bonds. The van der Waals surface area contributed by atoms with E-state index in [0.717, 1.165) is 43.0 Å². The summed E-state index contributed by atoms with van der Waals surface area (Å²) in [5.41, 5.74) is 1.30. The summed E-state index contributed by atoms with van der Waals surface area (Å²) in [6.45, 7) is 8.25. The lowest BCUT2D eigenvalue weighted by molar-refractivity contribution is 0.127. The van der Waals surface area contributed by atoms with Crippen LogP contribution in [-0.2, 0) is 4.74 Å². The molecule has 1 aromatic rings. The molecule has 0 aromatic heterocycles. The molecular weight excluding hydrogens is 440 g/mol. The number of rotatable bonds is 15. The molecule has 2 aliphatic rings. The summed E-state index contributed by atoms with van der Waals surface area (Å²) in [5, 5.41) is 8.38. The number of unbranched alkanes of at least 4 members (excludes halogenated alkanes) is 6. The molecule has 1 atom stereocenters. The van der Waals surface area contributed by atoms with Gasteiger partial charge in [-0.1, -0.05) is 84.3 Å². The van der Waals surface area contributed by atoms with Gasteiger partial charge in [-0.05, 0) is 73.9 Å². The summed E-state index contributed by atoms with van der Waals surface area (Å²) in [4.78, 5) is 0. The molecule has 0 spiro atoms. The fourth-order valence-electron chi connectivity index (χ4n) is 5.07. The molecule has 0 saturated heterocycles. The van der Waals surface area contributed by atoms with Gasteiger partial charge in [0, 0.05) is 6.04 Å². The fraction of sp³-hybridized carbons (Fsp3) is 0.759. The molecular formula is C29H48N2O2S. The molecule has 1 aliphatic heterocycles. The lowest BCUT2D eigenvalue weighted by Gasteiger charge is -2.36. The monoisotopic (exact) mass is 488 g/mol. The van der Waals surface area contributed by atoms with Crippen molar-refractivity contribution in [2.45, 2.75) is 122 Å². The quantitative estimate of drug-likeness (QED) is 0.231. The second kappa shape index (κ2) is 15.6. The van der Waals surface area contributed by atoms with Gasteiger partial charge >= 0.3 is 0 Å². The molecule has 1 fully saturated rings. The first-order valence-electron chi connectivity index (χ1n) is 14.1. The molecule has 1 aliphatic carbocycles. The van der Waals surface area contributed by atoms with Crippen molar-refractivity contribution in [2.75, 3.05) is 13.2 Å². The van der Waals surface area contributed by atoms with Gasteiger partial charge in [0.15, 0.2) is 0 Å². The first-order chi connectivity index (χ1) is 16.7. The van der Waals surface area contributed by atoms with Gasteiger partial charge in [-0.25, -0.2) is 0 Å². The Balaban J connectivity index is 1.55. The molecule has 34 heavy (non-hydrogen) atoms. The lowest BCUT2D eigenvalue weighted by Crippen LogP contribution is -2.34. The van der Waals surface area contributed by atoms with E-state index in [-0.39, 0.29) is 5.37 Å². The highest BCUT2D eigenvalue weighted by atomic mass is 32.2. The van der Waals surface area contributed by atoms with Crippen LogP contribution in [0.1, 0.15) is 122 Å². The molecule has 0 radical (unpaired) electrons. The minimum absolute atomic E-state index is 0.205. The zero-order valence-electron chi connectivity index (χ0n) is 22.0. The molecule has 0 bridgehead atoms. The molecule has 1 heterocycles. The highest BCUT2D eigenvalue weighted by Gasteiger charge is 2.36. The molecule has 1 saturated carbocycles. The maximum Gasteiger partial charge on any atom is 0.269 e. The van der Waals surface area contributed by atoms with Gasteiger partial charge in [0.2, 0.25) is 0 Å². The van der Waals surface area contributed by atoms with Gasteiger partial charge in [0.25, 0.3) is 5.23 Å². The molecule has 1 aromatic carbocycles. The van der Waals surface area contributed by atoms with E-state index in [9.17, 15) is 0 Å². The lowest BCUT2D eigenvalue weighted by atomic mass is 9.82. The van der Waals surface area contributed by atoms with Crippen LogP contribution < -0.4 is 4.74 Å². The first kappa shape index (κ1) is 27.2. The van der Waals surface area contributed by atoms with Crippen LogP contribution in [0, 0.1) is 5.92 Å². The first-order valence-corrected chi connectivity index (χ1v) is 15.0. The average molecular weight is 489 g/mol. The number of hydrogen-bond donors (Lipinski definition) is 0. The highest BCUT2D eigenvalue weighted by Crippen LogP contribution is 2.44. The van der Waals surface area contributed by atoms with Crippen molar-refractivity contribution in [1.29, 1.82) is 0 Å². The molecule has 3 rings (SSSR count). The van der Waals surface area contributed by atoms with Gasteiger partial charge in [0.1, 0.15) is 11.1 Å². The normalized spacial score (nSPS) is 22.6. The van der Waals surface area contributed by atoms with Crippen molar-refractivity contribution in [3.8, 4) is 5.75 Å². The number of nitrogens with zero attached hydrogens (tertiary/aromatic N) is 2. The van der Waals surface area contributed by atoms with E-state index in [1.165, 1.54) is 82.6 Å². The Hall–Kier alpha value is -1.36. The number of thioether (sulfide) groups is 1. The van der Waals surface area contributed by atoms with Crippen molar-refractivity contribution in [2.24, 2.45) is 11.0 Å². The van der Waals surface area contributed by atoms with Crippen molar-refractivity contribution in [3.05, 3.63) is 29.8 Å². The van der Waals surface area contributed by atoms with E-state index in [1.54, 1.807) is 11.8 Å². The van der Waals surface area contributed by atoms with Crippen LogP contribution >= 0.6 is 11.8 Å². The van der Waals surface area contributed by atoms with Crippen LogP contribution in [0.3, 0.4) is 0 Å². The fourth-order valence-corrected chi connectivity index (χ4v) is 6.18. The maximum absolute atomic E-state index is 6.00. The third kappa shape index (κ3) is 8.70. The van der Waals surface area contributed by atoms with Gasteiger partial charge in [-0.15, -0.1) is 5.10 Å².